The minimum atomic E-state index is -0.852. The van der Waals surface area contributed by atoms with E-state index < -0.39 is 12.1 Å². The number of aromatic nitrogens is 2. The Morgan fingerprint density at radius 2 is 1.82 bits per heavy atom. The number of carbonyl (C=O) groups is 1. The third kappa shape index (κ3) is 4.70. The number of carboxylic acid groups (broad SMARTS) is 1. The lowest BCUT2D eigenvalue weighted by Crippen LogP contribution is -2.07. The van der Waals surface area contributed by atoms with Crippen molar-refractivity contribution >= 4 is 5.97 Å². The summed E-state index contributed by atoms with van der Waals surface area (Å²) in [5.74, 6) is 0.677. The lowest BCUT2D eigenvalue weighted by Gasteiger charge is -2.19. The molecule has 0 amide bonds. The predicted molar refractivity (Wildman–Crippen MR) is 150 cm³/mol. The summed E-state index contributed by atoms with van der Waals surface area (Å²) < 4.78 is 27.4. The highest BCUT2D eigenvalue weighted by atomic mass is 19.1. The number of fused-ring (bicyclic) bond motifs is 2. The van der Waals surface area contributed by atoms with Crippen molar-refractivity contribution in [2.45, 2.75) is 59.0 Å². The van der Waals surface area contributed by atoms with Gasteiger partial charge >= 0.3 is 5.97 Å². The van der Waals surface area contributed by atoms with Crippen LogP contribution >= 0.6 is 0 Å². The van der Waals surface area contributed by atoms with Gasteiger partial charge in [-0.15, -0.1) is 0 Å². The van der Waals surface area contributed by atoms with Crippen LogP contribution in [0.4, 0.5) is 4.39 Å². The van der Waals surface area contributed by atoms with E-state index in [4.69, 9.17) is 14.6 Å². The number of nitrogens with zero attached hydrogens (tertiary/aromatic N) is 2. The van der Waals surface area contributed by atoms with Crippen LogP contribution in [0.15, 0.2) is 48.5 Å². The van der Waals surface area contributed by atoms with Crippen molar-refractivity contribution in [2.24, 2.45) is 0 Å². The molecule has 0 saturated heterocycles. The highest BCUT2D eigenvalue weighted by Crippen LogP contribution is 2.45. The molecule has 1 aliphatic heterocycles. The van der Waals surface area contributed by atoms with Crippen LogP contribution in [0.2, 0.25) is 0 Å². The Kier molecular flexibility index (Phi) is 6.53. The number of carboxylic acids is 1. The largest absolute Gasteiger partial charge is 0.492 e. The first kappa shape index (κ1) is 26.0. The first-order valence-corrected chi connectivity index (χ1v) is 13.6. The van der Waals surface area contributed by atoms with Crippen LogP contribution in [-0.4, -0.2) is 27.7 Å². The van der Waals surface area contributed by atoms with E-state index in [9.17, 15) is 4.79 Å². The van der Waals surface area contributed by atoms with Gasteiger partial charge in [-0.25, -0.2) is 14.4 Å². The van der Waals surface area contributed by atoms with Gasteiger partial charge < -0.3 is 14.6 Å². The Morgan fingerprint density at radius 3 is 2.55 bits per heavy atom. The van der Waals surface area contributed by atoms with Crippen LogP contribution in [0.5, 0.6) is 11.5 Å². The van der Waals surface area contributed by atoms with Crippen molar-refractivity contribution < 1.29 is 23.8 Å². The highest BCUT2D eigenvalue weighted by Gasteiger charge is 2.32. The van der Waals surface area contributed by atoms with Crippen LogP contribution in [-0.2, 0) is 11.2 Å². The van der Waals surface area contributed by atoms with Crippen LogP contribution in [0.25, 0.3) is 22.4 Å². The molecule has 0 radical (unpaired) electrons. The molecule has 0 spiro atoms. The van der Waals surface area contributed by atoms with Crippen molar-refractivity contribution in [1.29, 1.82) is 0 Å². The average Bonchev–Trinajstić information content (AvgIpc) is 3.48. The molecule has 4 aromatic rings. The van der Waals surface area contributed by atoms with E-state index in [0.717, 1.165) is 56.2 Å². The first-order chi connectivity index (χ1) is 19.2. The Balaban J connectivity index is 1.31. The molecule has 2 heterocycles. The zero-order valence-corrected chi connectivity index (χ0v) is 23.0. The molecule has 1 aromatic heterocycles. The second kappa shape index (κ2) is 10.0. The van der Waals surface area contributed by atoms with Gasteiger partial charge in [0.15, 0.2) is 0 Å². The van der Waals surface area contributed by atoms with E-state index in [1.807, 2.05) is 38.1 Å². The number of hydrogen-bond acceptors (Lipinski definition) is 5. The number of hydrogen-bond donors (Lipinski definition) is 1. The normalized spacial score (nSPS) is 17.3. The maximum atomic E-state index is 15.3. The number of rotatable bonds is 6. The van der Waals surface area contributed by atoms with E-state index in [1.54, 1.807) is 12.1 Å². The van der Waals surface area contributed by atoms with Gasteiger partial charge in [0, 0.05) is 34.4 Å². The van der Waals surface area contributed by atoms with Crippen molar-refractivity contribution in [2.75, 3.05) is 6.61 Å². The fourth-order valence-electron chi connectivity index (χ4n) is 6.30. The fourth-order valence-corrected chi connectivity index (χ4v) is 6.30. The molecule has 2 unspecified atom stereocenters. The lowest BCUT2D eigenvalue weighted by atomic mass is 9.88. The van der Waals surface area contributed by atoms with E-state index in [1.165, 1.54) is 0 Å². The lowest BCUT2D eigenvalue weighted by molar-refractivity contribution is -0.137. The van der Waals surface area contributed by atoms with Gasteiger partial charge in [0.25, 0.3) is 0 Å². The molecule has 0 bridgehead atoms. The molecule has 40 heavy (non-hydrogen) atoms. The van der Waals surface area contributed by atoms with E-state index >= 15 is 4.39 Å². The molecule has 2 atom stereocenters. The van der Waals surface area contributed by atoms with Gasteiger partial charge in [0.05, 0.1) is 18.7 Å². The van der Waals surface area contributed by atoms with Gasteiger partial charge in [-0.1, -0.05) is 12.1 Å². The van der Waals surface area contributed by atoms with Crippen molar-refractivity contribution in [3.63, 3.8) is 0 Å². The summed E-state index contributed by atoms with van der Waals surface area (Å²) in [5.41, 5.74) is 9.68. The zero-order valence-electron chi connectivity index (χ0n) is 23.0. The molecule has 6 rings (SSSR count). The SMILES string of the molecule is Cc1cc(-c2cc(C)c(-c3ccc(F)c4c3CCC4Oc3ccc4c(c3)OCC4CC(=O)O)c(C)c2)nc(C)n1. The van der Waals surface area contributed by atoms with E-state index in [0.29, 0.717) is 36.5 Å². The molecule has 0 saturated carbocycles. The molecule has 3 aromatic carbocycles. The second-order valence-electron chi connectivity index (χ2n) is 10.9. The van der Waals surface area contributed by atoms with Gasteiger partial charge in [0.1, 0.15) is 29.2 Å². The van der Waals surface area contributed by atoms with Crippen molar-refractivity contribution in [3.05, 3.63) is 93.7 Å². The number of halogens is 1. The van der Waals surface area contributed by atoms with E-state index in [-0.39, 0.29) is 18.2 Å². The minimum absolute atomic E-state index is 0.0232. The van der Waals surface area contributed by atoms with E-state index in [2.05, 4.69) is 35.9 Å². The molecule has 6 nitrogen and oxygen atoms in total. The van der Waals surface area contributed by atoms with Crippen LogP contribution in [0.1, 0.15) is 64.2 Å². The third-order valence-electron chi connectivity index (χ3n) is 7.91. The van der Waals surface area contributed by atoms with Gasteiger partial charge in [0.2, 0.25) is 0 Å². The average molecular weight is 539 g/mol. The quantitative estimate of drug-likeness (QED) is 0.280. The Hall–Kier alpha value is -4.26. The maximum absolute atomic E-state index is 15.3. The second-order valence-corrected chi connectivity index (χ2v) is 10.9. The Labute approximate surface area is 232 Å². The smallest absolute Gasteiger partial charge is 0.304 e. The standard InChI is InChI=1S/C33H31FN2O4/c1-17-11-21(28-13-19(3)35-20(4)36-28)12-18(2)32(17)25-7-9-27(34)33-26(25)8-10-29(33)40-23-5-6-24-22(14-31(37)38)16-39-30(24)15-23/h5-7,9,11-13,15,22,29H,8,10,14,16H2,1-4H3,(H,37,38). The summed E-state index contributed by atoms with van der Waals surface area (Å²) in [6.45, 7) is 8.39. The monoisotopic (exact) mass is 538 g/mol. The Morgan fingerprint density at radius 1 is 1.05 bits per heavy atom. The molecule has 1 aliphatic carbocycles. The molecular formula is C33H31FN2O4. The summed E-state index contributed by atoms with van der Waals surface area (Å²) in [4.78, 5) is 20.2. The summed E-state index contributed by atoms with van der Waals surface area (Å²) in [5, 5.41) is 9.17. The molecule has 7 heteroatoms. The van der Waals surface area contributed by atoms with Crippen LogP contribution in [0.3, 0.4) is 0 Å². The maximum Gasteiger partial charge on any atom is 0.304 e. The zero-order chi connectivity index (χ0) is 28.1. The number of ether oxygens (including phenoxy) is 2. The molecule has 1 N–H and O–H groups in total. The molecule has 0 fully saturated rings. The molecule has 204 valence electrons. The van der Waals surface area contributed by atoms with Crippen molar-refractivity contribution in [3.8, 4) is 33.9 Å². The van der Waals surface area contributed by atoms with Crippen LogP contribution in [0, 0.1) is 33.5 Å². The molecular weight excluding hydrogens is 507 g/mol. The van der Waals surface area contributed by atoms with Gasteiger partial charge in [-0.05, 0) is 98.7 Å². The summed E-state index contributed by atoms with van der Waals surface area (Å²) in [6, 6.07) is 15.2. The van der Waals surface area contributed by atoms with Gasteiger partial charge in [-0.2, -0.15) is 0 Å². The minimum Gasteiger partial charge on any atom is -0.492 e. The summed E-state index contributed by atoms with van der Waals surface area (Å²) in [6.07, 6.45) is 0.977. The van der Waals surface area contributed by atoms with Crippen molar-refractivity contribution in [1.82, 2.24) is 9.97 Å². The highest BCUT2D eigenvalue weighted by molar-refractivity contribution is 5.79. The van der Waals surface area contributed by atoms with Gasteiger partial charge in [-0.3, -0.25) is 4.79 Å². The number of benzene rings is 3. The summed E-state index contributed by atoms with van der Waals surface area (Å²) >= 11 is 0. The first-order valence-electron chi connectivity index (χ1n) is 13.6. The topological polar surface area (TPSA) is 81.5 Å². The van der Waals surface area contributed by atoms with Crippen LogP contribution < -0.4 is 9.47 Å². The number of aliphatic carboxylic acids is 1. The number of aryl methyl sites for hydroxylation is 4. The third-order valence-corrected chi connectivity index (χ3v) is 7.91. The molecule has 2 aliphatic rings. The fraction of sp³-hybridized carbons (Fsp3) is 0.303. The Bertz CT molecular complexity index is 1620. The summed E-state index contributed by atoms with van der Waals surface area (Å²) in [7, 11) is 0. The predicted octanol–water partition coefficient (Wildman–Crippen LogP) is 7.20.